The molecule has 1 saturated heterocycles. The van der Waals surface area contributed by atoms with Gasteiger partial charge in [0.2, 0.25) is 5.82 Å². The Bertz CT molecular complexity index is 886. The number of carbonyl (C=O) groups is 3. The quantitative estimate of drug-likeness (QED) is 0.601. The Labute approximate surface area is 165 Å². The Morgan fingerprint density at radius 2 is 2.21 bits per heavy atom. The van der Waals surface area contributed by atoms with Crippen LogP contribution in [-0.4, -0.2) is 45.0 Å². The van der Waals surface area contributed by atoms with Crippen molar-refractivity contribution in [3.8, 4) is 10.7 Å². The first-order valence-electron chi connectivity index (χ1n) is 9.13. The lowest BCUT2D eigenvalue weighted by molar-refractivity contribution is -0.149. The predicted molar refractivity (Wildman–Crippen MR) is 98.0 cm³/mol. The van der Waals surface area contributed by atoms with Crippen LogP contribution in [0.1, 0.15) is 38.5 Å². The van der Waals surface area contributed by atoms with Gasteiger partial charge in [0, 0.05) is 0 Å². The minimum Gasteiger partial charge on any atom is -0.454 e. The second-order valence-corrected chi connectivity index (χ2v) is 8.18. The fourth-order valence-corrected chi connectivity index (χ4v) is 4.20. The van der Waals surface area contributed by atoms with Crippen LogP contribution in [0.5, 0.6) is 0 Å². The second kappa shape index (κ2) is 7.34. The molecule has 1 saturated carbocycles. The standard InChI is InChI=1S/C18H20N4O5S/c1-11-4-6-18(7-5-11)16(24)22(17(25)20-18)9-14(23)26-10-13-19-15(21-27-13)12-3-2-8-28-12/h2-3,8,11H,4-7,9-10H2,1H3,(H,20,25). The number of hydrogen-bond donors (Lipinski definition) is 1. The fraction of sp³-hybridized carbons (Fsp3) is 0.500. The molecule has 1 aliphatic carbocycles. The molecule has 4 rings (SSSR count). The number of urea groups is 1. The van der Waals surface area contributed by atoms with Gasteiger partial charge >= 0.3 is 12.0 Å². The SMILES string of the molecule is CC1CCC2(CC1)NC(=O)N(CC(=O)OCc1nc(-c3cccs3)no1)C2=O. The van der Waals surface area contributed by atoms with Crippen LogP contribution in [0, 0.1) is 5.92 Å². The van der Waals surface area contributed by atoms with Crippen molar-refractivity contribution >= 4 is 29.2 Å². The predicted octanol–water partition coefficient (Wildman–Crippen LogP) is 2.34. The van der Waals surface area contributed by atoms with Gasteiger partial charge in [0.05, 0.1) is 4.88 Å². The summed E-state index contributed by atoms with van der Waals surface area (Å²) in [5.74, 6) is 0.0397. The van der Waals surface area contributed by atoms with Crippen molar-refractivity contribution in [2.75, 3.05) is 6.54 Å². The van der Waals surface area contributed by atoms with E-state index in [1.165, 1.54) is 11.3 Å². The van der Waals surface area contributed by atoms with Crippen LogP contribution in [0.2, 0.25) is 0 Å². The molecule has 1 N–H and O–H groups in total. The van der Waals surface area contributed by atoms with Gasteiger partial charge in [-0.3, -0.25) is 14.5 Å². The van der Waals surface area contributed by atoms with E-state index in [1.54, 1.807) is 0 Å². The molecule has 2 fully saturated rings. The van der Waals surface area contributed by atoms with Gasteiger partial charge in [0.15, 0.2) is 6.61 Å². The number of nitrogens with zero attached hydrogens (tertiary/aromatic N) is 3. The Hall–Kier alpha value is -2.75. The maximum atomic E-state index is 12.7. The lowest BCUT2D eigenvalue weighted by Gasteiger charge is -2.33. The molecule has 2 aromatic rings. The number of hydrogen-bond acceptors (Lipinski definition) is 8. The van der Waals surface area contributed by atoms with Gasteiger partial charge in [-0.05, 0) is 43.0 Å². The molecular weight excluding hydrogens is 384 g/mol. The zero-order valence-electron chi connectivity index (χ0n) is 15.3. The van der Waals surface area contributed by atoms with Crippen LogP contribution in [-0.2, 0) is 20.9 Å². The first-order valence-corrected chi connectivity index (χ1v) is 10.0. The number of amides is 3. The van der Waals surface area contributed by atoms with Crippen LogP contribution in [0.25, 0.3) is 10.7 Å². The summed E-state index contributed by atoms with van der Waals surface area (Å²) < 4.78 is 10.2. The monoisotopic (exact) mass is 404 g/mol. The van der Waals surface area contributed by atoms with Crippen molar-refractivity contribution in [3.63, 3.8) is 0 Å². The summed E-state index contributed by atoms with van der Waals surface area (Å²) in [7, 11) is 0. The maximum Gasteiger partial charge on any atom is 0.326 e. The lowest BCUT2D eigenvalue weighted by Crippen LogP contribution is -2.49. The van der Waals surface area contributed by atoms with Gasteiger partial charge in [-0.1, -0.05) is 18.1 Å². The van der Waals surface area contributed by atoms with Crippen LogP contribution in [0.4, 0.5) is 4.79 Å². The Morgan fingerprint density at radius 3 is 2.93 bits per heavy atom. The normalized spacial score (nSPS) is 24.6. The Balaban J connectivity index is 1.32. The largest absolute Gasteiger partial charge is 0.454 e. The molecule has 0 aromatic carbocycles. The molecule has 28 heavy (non-hydrogen) atoms. The number of nitrogens with one attached hydrogen (secondary N) is 1. The van der Waals surface area contributed by atoms with E-state index < -0.39 is 24.1 Å². The Morgan fingerprint density at radius 1 is 1.43 bits per heavy atom. The second-order valence-electron chi connectivity index (χ2n) is 7.24. The third-order valence-electron chi connectivity index (χ3n) is 5.23. The summed E-state index contributed by atoms with van der Waals surface area (Å²) in [6.07, 6.45) is 2.93. The summed E-state index contributed by atoms with van der Waals surface area (Å²) in [5.41, 5.74) is -0.869. The maximum absolute atomic E-state index is 12.7. The molecule has 3 amide bonds. The van der Waals surface area contributed by atoms with Crippen LogP contribution >= 0.6 is 11.3 Å². The highest BCUT2D eigenvalue weighted by Crippen LogP contribution is 2.36. The van der Waals surface area contributed by atoms with Gasteiger partial charge in [-0.25, -0.2) is 4.79 Å². The average Bonchev–Trinajstić information content (AvgIpc) is 3.40. The van der Waals surface area contributed by atoms with Crippen molar-refractivity contribution in [3.05, 3.63) is 23.4 Å². The van der Waals surface area contributed by atoms with Crippen molar-refractivity contribution in [1.82, 2.24) is 20.4 Å². The molecule has 10 heteroatoms. The smallest absolute Gasteiger partial charge is 0.326 e. The molecule has 0 unspecified atom stereocenters. The highest BCUT2D eigenvalue weighted by molar-refractivity contribution is 7.13. The zero-order valence-corrected chi connectivity index (χ0v) is 16.2. The molecule has 0 bridgehead atoms. The number of rotatable bonds is 5. The van der Waals surface area contributed by atoms with Gasteiger partial charge in [-0.2, -0.15) is 4.98 Å². The van der Waals surface area contributed by atoms with Crippen molar-refractivity contribution < 1.29 is 23.6 Å². The van der Waals surface area contributed by atoms with Crippen LogP contribution in [0.3, 0.4) is 0 Å². The van der Waals surface area contributed by atoms with Gasteiger partial charge in [0.25, 0.3) is 11.8 Å². The molecule has 2 aliphatic rings. The molecule has 148 valence electrons. The lowest BCUT2D eigenvalue weighted by atomic mass is 9.77. The van der Waals surface area contributed by atoms with Crippen LogP contribution in [0.15, 0.2) is 22.0 Å². The topological polar surface area (TPSA) is 115 Å². The van der Waals surface area contributed by atoms with E-state index in [0.717, 1.165) is 22.6 Å². The average molecular weight is 404 g/mol. The molecule has 1 spiro atoms. The molecule has 9 nitrogen and oxygen atoms in total. The highest BCUT2D eigenvalue weighted by atomic mass is 32.1. The third-order valence-corrected chi connectivity index (χ3v) is 6.09. The molecule has 0 radical (unpaired) electrons. The van der Waals surface area contributed by atoms with E-state index in [9.17, 15) is 14.4 Å². The van der Waals surface area contributed by atoms with Crippen molar-refractivity contribution in [2.24, 2.45) is 5.92 Å². The summed E-state index contributed by atoms with van der Waals surface area (Å²) in [5, 5.41) is 8.50. The minimum absolute atomic E-state index is 0.145. The molecule has 1 aliphatic heterocycles. The molecule has 2 aromatic heterocycles. The number of ether oxygens (including phenoxy) is 1. The van der Waals surface area contributed by atoms with E-state index in [-0.39, 0.29) is 18.4 Å². The number of aromatic nitrogens is 2. The number of imide groups is 1. The molecule has 3 heterocycles. The number of esters is 1. The third kappa shape index (κ3) is 3.51. The minimum atomic E-state index is -0.869. The van der Waals surface area contributed by atoms with E-state index >= 15 is 0 Å². The summed E-state index contributed by atoms with van der Waals surface area (Å²) in [6.45, 7) is 1.47. The van der Waals surface area contributed by atoms with Gasteiger partial charge < -0.3 is 14.6 Å². The Kier molecular flexibility index (Phi) is 4.88. The van der Waals surface area contributed by atoms with Crippen LogP contribution < -0.4 is 5.32 Å². The highest BCUT2D eigenvalue weighted by Gasteiger charge is 2.52. The summed E-state index contributed by atoms with van der Waals surface area (Å²) in [4.78, 5) is 43.0. The van der Waals surface area contributed by atoms with Crippen molar-refractivity contribution in [2.45, 2.75) is 44.8 Å². The summed E-state index contributed by atoms with van der Waals surface area (Å²) >= 11 is 1.46. The first-order chi connectivity index (χ1) is 13.5. The van der Waals surface area contributed by atoms with Crippen molar-refractivity contribution in [1.29, 1.82) is 0 Å². The number of carbonyl (C=O) groups excluding carboxylic acids is 3. The van der Waals surface area contributed by atoms with E-state index in [2.05, 4.69) is 22.4 Å². The number of thiophene rings is 1. The fourth-order valence-electron chi connectivity index (χ4n) is 3.55. The summed E-state index contributed by atoms with van der Waals surface area (Å²) in [6, 6.07) is 3.17. The van der Waals surface area contributed by atoms with E-state index in [4.69, 9.17) is 9.26 Å². The first kappa shape index (κ1) is 18.6. The molecular formula is C18H20N4O5S. The molecule has 0 atom stereocenters. The van der Waals surface area contributed by atoms with Gasteiger partial charge in [0.1, 0.15) is 12.1 Å². The zero-order chi connectivity index (χ0) is 19.7. The van der Waals surface area contributed by atoms with Gasteiger partial charge in [-0.15, -0.1) is 11.3 Å². The van der Waals surface area contributed by atoms with E-state index in [0.29, 0.717) is 24.6 Å². The van der Waals surface area contributed by atoms with E-state index in [1.807, 2.05) is 17.5 Å².